The van der Waals surface area contributed by atoms with E-state index in [4.69, 9.17) is 0 Å². The molecule has 0 N–H and O–H groups in total. The van der Waals surface area contributed by atoms with Crippen molar-refractivity contribution in [2.75, 3.05) is 11.9 Å². The van der Waals surface area contributed by atoms with Crippen LogP contribution < -0.4 is 9.47 Å². The number of aryl methyl sites for hydroxylation is 1. The van der Waals surface area contributed by atoms with Crippen LogP contribution in [0.5, 0.6) is 0 Å². The lowest BCUT2D eigenvalue weighted by molar-refractivity contribution is -0.580. The van der Waals surface area contributed by atoms with Crippen molar-refractivity contribution in [2.24, 2.45) is 0 Å². The molecule has 0 saturated carbocycles. The number of fused-ring (bicyclic) bond motifs is 4. The van der Waals surface area contributed by atoms with Crippen molar-refractivity contribution in [1.29, 1.82) is 0 Å². The predicted molar refractivity (Wildman–Crippen MR) is 205 cm³/mol. The van der Waals surface area contributed by atoms with Crippen LogP contribution in [0.15, 0.2) is 157 Å². The molecule has 0 saturated heterocycles. The quantitative estimate of drug-likeness (QED) is 0.134. The van der Waals surface area contributed by atoms with Gasteiger partial charge in [0.15, 0.2) is 12.4 Å². The SMILES string of the molecule is C=C(/C=C/C1=C([n+]2ccccc2)C(=C/C=C2/N(C)c3ccc4ccccc4c3C2(C)C)/CCC1)C(C)(C)c1c(C)ccc2ccccc12. The lowest BCUT2D eigenvalue weighted by Gasteiger charge is -2.30. The smallest absolute Gasteiger partial charge is 0.216 e. The normalized spacial score (nSPS) is 18.1. The molecule has 0 amide bonds. The second-order valence-corrected chi connectivity index (χ2v) is 14.6. The van der Waals surface area contributed by atoms with Crippen LogP contribution in [0.3, 0.4) is 0 Å². The molecule has 0 spiro atoms. The Morgan fingerprint density at radius 3 is 2.23 bits per heavy atom. The number of aromatic nitrogens is 1. The summed E-state index contributed by atoms with van der Waals surface area (Å²) in [5, 5.41) is 5.22. The standard InChI is InChI=1S/C46H47N2/c1-32-22-24-34-16-9-11-20-38(34)42(32)45(3,4)33(2)23-25-36-18-15-19-37(44(36)48-30-13-8-14-31-48)27-29-41-46(5,6)43-39-21-12-10-17-35(39)26-28-40(43)47(41)7/h8-14,16-17,20-31H,2,15,18-19H2,1,3-7H3/q+1/b25-23+,37-27+,41-29+. The van der Waals surface area contributed by atoms with Crippen LogP contribution >= 0.6 is 0 Å². The van der Waals surface area contributed by atoms with E-state index < -0.39 is 0 Å². The minimum Gasteiger partial charge on any atom is -0.347 e. The molecule has 1 aromatic heterocycles. The van der Waals surface area contributed by atoms with E-state index in [0.29, 0.717) is 0 Å². The first kappa shape index (κ1) is 31.6. The highest BCUT2D eigenvalue weighted by Crippen LogP contribution is 2.50. The van der Waals surface area contributed by atoms with Crippen molar-refractivity contribution in [2.45, 2.75) is 64.7 Å². The number of nitrogens with zero attached hydrogens (tertiary/aromatic N) is 2. The van der Waals surface area contributed by atoms with Gasteiger partial charge in [0.2, 0.25) is 5.70 Å². The lowest BCUT2D eigenvalue weighted by atomic mass is 9.74. The number of pyridine rings is 1. The first-order chi connectivity index (χ1) is 23.1. The van der Waals surface area contributed by atoms with Crippen molar-refractivity contribution in [3.05, 3.63) is 173 Å². The average Bonchev–Trinajstić information content (AvgIpc) is 3.29. The zero-order chi connectivity index (χ0) is 33.6. The number of hydrogen-bond acceptors (Lipinski definition) is 1. The third kappa shape index (κ3) is 5.34. The summed E-state index contributed by atoms with van der Waals surface area (Å²) in [6, 6.07) is 32.9. The fraction of sp³-hybridized carbons (Fsp3) is 0.239. The van der Waals surface area contributed by atoms with E-state index in [1.807, 2.05) is 0 Å². The zero-order valence-electron chi connectivity index (χ0n) is 29.3. The van der Waals surface area contributed by atoms with Crippen molar-refractivity contribution < 1.29 is 4.57 Å². The summed E-state index contributed by atoms with van der Waals surface area (Å²) in [6.45, 7) is 16.3. The zero-order valence-corrected chi connectivity index (χ0v) is 29.3. The molecule has 2 heteroatoms. The van der Waals surface area contributed by atoms with E-state index in [-0.39, 0.29) is 10.8 Å². The maximum absolute atomic E-state index is 4.66. The van der Waals surface area contributed by atoms with Crippen molar-refractivity contribution in [3.8, 4) is 0 Å². The molecule has 0 bridgehead atoms. The van der Waals surface area contributed by atoms with Crippen molar-refractivity contribution in [1.82, 2.24) is 0 Å². The van der Waals surface area contributed by atoms with Gasteiger partial charge in [-0.25, -0.2) is 0 Å². The maximum Gasteiger partial charge on any atom is 0.216 e. The summed E-state index contributed by atoms with van der Waals surface area (Å²) in [7, 11) is 2.22. The predicted octanol–water partition coefficient (Wildman–Crippen LogP) is 11.3. The van der Waals surface area contributed by atoms with Gasteiger partial charge in [-0.1, -0.05) is 125 Å². The van der Waals surface area contributed by atoms with Crippen LogP contribution in [0.25, 0.3) is 27.2 Å². The van der Waals surface area contributed by atoms with Crippen molar-refractivity contribution in [3.63, 3.8) is 0 Å². The number of rotatable bonds is 6. The average molecular weight is 628 g/mol. The molecule has 1 aliphatic carbocycles. The molecular weight excluding hydrogens is 581 g/mol. The van der Waals surface area contributed by atoms with Gasteiger partial charge < -0.3 is 4.90 Å². The van der Waals surface area contributed by atoms with E-state index in [9.17, 15) is 0 Å². The minimum absolute atomic E-state index is 0.119. The van der Waals surface area contributed by atoms with Gasteiger partial charge in [-0.15, -0.1) is 0 Å². The largest absolute Gasteiger partial charge is 0.347 e. The van der Waals surface area contributed by atoms with E-state index in [0.717, 1.165) is 24.8 Å². The minimum atomic E-state index is -0.225. The third-order valence-corrected chi connectivity index (χ3v) is 10.9. The molecule has 2 aliphatic rings. The van der Waals surface area contributed by atoms with Gasteiger partial charge in [0.1, 0.15) is 0 Å². The molecule has 4 aromatic carbocycles. The number of allylic oxidation sites excluding steroid dienone is 9. The fourth-order valence-electron chi connectivity index (χ4n) is 8.27. The highest BCUT2D eigenvalue weighted by atomic mass is 15.2. The first-order valence-corrected chi connectivity index (χ1v) is 17.3. The van der Waals surface area contributed by atoms with Gasteiger partial charge in [-0.3, -0.25) is 0 Å². The molecule has 0 fully saturated rings. The Labute approximate surface area is 286 Å². The Kier molecular flexibility index (Phi) is 8.08. The summed E-state index contributed by atoms with van der Waals surface area (Å²) >= 11 is 0. The van der Waals surface area contributed by atoms with Crippen LogP contribution in [-0.2, 0) is 10.8 Å². The van der Waals surface area contributed by atoms with Crippen LogP contribution in [-0.4, -0.2) is 7.05 Å². The Balaban J connectivity index is 1.29. The molecule has 0 unspecified atom stereocenters. The number of likely N-dealkylation sites (N-methyl/N-ethyl adjacent to an activating group) is 1. The van der Waals surface area contributed by atoms with Gasteiger partial charge in [-0.2, -0.15) is 4.57 Å². The lowest BCUT2D eigenvalue weighted by Crippen LogP contribution is -2.34. The molecule has 2 heterocycles. The monoisotopic (exact) mass is 627 g/mol. The Bertz CT molecular complexity index is 2190. The van der Waals surface area contributed by atoms with Crippen LogP contribution in [0.2, 0.25) is 0 Å². The molecular formula is C46H47N2+. The van der Waals surface area contributed by atoms with Crippen LogP contribution in [0.1, 0.15) is 63.6 Å². The number of hydrogen-bond donors (Lipinski definition) is 0. The van der Waals surface area contributed by atoms with E-state index >= 15 is 0 Å². The Morgan fingerprint density at radius 1 is 0.812 bits per heavy atom. The highest BCUT2D eigenvalue weighted by molar-refractivity contribution is 5.95. The number of anilines is 1. The highest BCUT2D eigenvalue weighted by Gasteiger charge is 2.39. The van der Waals surface area contributed by atoms with Crippen LogP contribution in [0, 0.1) is 6.92 Å². The molecule has 240 valence electrons. The molecule has 7 rings (SSSR count). The third-order valence-electron chi connectivity index (χ3n) is 10.9. The summed E-state index contributed by atoms with van der Waals surface area (Å²) in [4.78, 5) is 2.39. The molecule has 0 radical (unpaired) electrons. The van der Waals surface area contributed by atoms with Gasteiger partial charge in [-0.05, 0) is 82.1 Å². The fourth-order valence-corrected chi connectivity index (χ4v) is 8.27. The van der Waals surface area contributed by atoms with E-state index in [1.165, 1.54) is 66.5 Å². The summed E-state index contributed by atoms with van der Waals surface area (Å²) in [6.07, 6.45) is 16.9. The second-order valence-electron chi connectivity index (χ2n) is 14.6. The molecule has 2 nitrogen and oxygen atoms in total. The maximum atomic E-state index is 4.66. The van der Waals surface area contributed by atoms with Gasteiger partial charge in [0.25, 0.3) is 0 Å². The van der Waals surface area contributed by atoms with Crippen LogP contribution in [0.4, 0.5) is 5.69 Å². The van der Waals surface area contributed by atoms with E-state index in [2.05, 4.69) is 185 Å². The second kappa shape index (κ2) is 12.3. The summed E-state index contributed by atoms with van der Waals surface area (Å²) < 4.78 is 2.30. The van der Waals surface area contributed by atoms with Gasteiger partial charge >= 0.3 is 0 Å². The first-order valence-electron chi connectivity index (χ1n) is 17.3. The Morgan fingerprint density at radius 2 is 1.48 bits per heavy atom. The summed E-state index contributed by atoms with van der Waals surface area (Å²) in [5.74, 6) is 0. The Hall–Kier alpha value is -4.95. The molecule has 5 aromatic rings. The molecule has 48 heavy (non-hydrogen) atoms. The topological polar surface area (TPSA) is 7.12 Å². The summed E-state index contributed by atoms with van der Waals surface area (Å²) in [5.41, 5.74) is 11.5. The number of benzene rings is 4. The van der Waals surface area contributed by atoms with E-state index in [1.54, 1.807) is 0 Å². The van der Waals surface area contributed by atoms with Gasteiger partial charge in [0, 0.05) is 52.5 Å². The van der Waals surface area contributed by atoms with Gasteiger partial charge in [0.05, 0.1) is 0 Å². The van der Waals surface area contributed by atoms with Crippen molar-refractivity contribution >= 4 is 32.9 Å². The molecule has 1 aliphatic heterocycles. The molecule has 0 atom stereocenters.